The van der Waals surface area contributed by atoms with Gasteiger partial charge < -0.3 is 15.5 Å². The van der Waals surface area contributed by atoms with Crippen LogP contribution in [0.3, 0.4) is 0 Å². The molecule has 2 heterocycles. The molecule has 0 atom stereocenters. The number of nitrogens with zero attached hydrogens (tertiary/aromatic N) is 2. The molecule has 0 saturated heterocycles. The Morgan fingerprint density at radius 3 is 2.90 bits per heavy atom. The Balaban J connectivity index is 1.78. The van der Waals surface area contributed by atoms with Gasteiger partial charge >= 0.3 is 0 Å². The molecule has 3 N–H and O–H groups in total. The van der Waals surface area contributed by atoms with Crippen molar-refractivity contribution in [2.45, 2.75) is 17.8 Å². The lowest BCUT2D eigenvalue weighted by Gasteiger charge is -2.04. The Morgan fingerprint density at radius 2 is 2.10 bits per heavy atom. The molecular formula is C15H16N4OS. The topological polar surface area (TPSA) is 76.8 Å². The minimum Gasteiger partial charge on any atom is -0.497 e. The lowest BCUT2D eigenvalue weighted by atomic mass is 10.3. The van der Waals surface area contributed by atoms with Crippen molar-refractivity contribution in [1.29, 1.82) is 0 Å². The highest BCUT2D eigenvalue weighted by Gasteiger charge is 2.06. The molecule has 1 aromatic carbocycles. The summed E-state index contributed by atoms with van der Waals surface area (Å²) in [6.45, 7) is 1.96. The first-order valence-corrected chi connectivity index (χ1v) is 7.52. The first-order chi connectivity index (χ1) is 10.1. The van der Waals surface area contributed by atoms with Crippen molar-refractivity contribution in [2.24, 2.45) is 0 Å². The number of nitrogens with two attached hydrogens (primary N) is 1. The number of pyridine rings is 1. The first-order valence-electron chi connectivity index (χ1n) is 6.53. The molecule has 0 aliphatic carbocycles. The summed E-state index contributed by atoms with van der Waals surface area (Å²) in [6.07, 6.45) is 0. The number of rotatable bonds is 4. The van der Waals surface area contributed by atoms with Crippen LogP contribution in [0.5, 0.6) is 5.75 Å². The van der Waals surface area contributed by atoms with Crippen LogP contribution >= 0.6 is 11.8 Å². The smallest absolute Gasteiger partial charge is 0.166 e. The summed E-state index contributed by atoms with van der Waals surface area (Å²) in [5.41, 5.74) is 10.3. The second kappa shape index (κ2) is 5.65. The maximum Gasteiger partial charge on any atom is 0.166 e. The Morgan fingerprint density at radius 1 is 1.24 bits per heavy atom. The quantitative estimate of drug-likeness (QED) is 0.572. The van der Waals surface area contributed by atoms with Gasteiger partial charge in [0.2, 0.25) is 0 Å². The van der Waals surface area contributed by atoms with Gasteiger partial charge in [0, 0.05) is 29.3 Å². The minimum absolute atomic E-state index is 0.729. The molecule has 0 fully saturated rings. The number of anilines is 1. The number of hydrogen-bond acceptors (Lipinski definition) is 5. The van der Waals surface area contributed by atoms with Gasteiger partial charge in [-0.15, -0.1) is 0 Å². The summed E-state index contributed by atoms with van der Waals surface area (Å²) in [6, 6.07) is 9.52. The molecule has 0 bridgehead atoms. The van der Waals surface area contributed by atoms with Crippen LogP contribution < -0.4 is 10.5 Å². The van der Waals surface area contributed by atoms with Gasteiger partial charge in [-0.1, -0.05) is 11.8 Å². The highest BCUT2D eigenvalue weighted by atomic mass is 32.2. The van der Waals surface area contributed by atoms with Crippen LogP contribution in [0, 0.1) is 6.92 Å². The van der Waals surface area contributed by atoms with Gasteiger partial charge in [-0.25, -0.2) is 4.98 Å². The lowest BCUT2D eigenvalue weighted by molar-refractivity contribution is 0.413. The van der Waals surface area contributed by atoms with Gasteiger partial charge in [-0.3, -0.25) is 4.98 Å². The Kier molecular flexibility index (Phi) is 3.70. The van der Waals surface area contributed by atoms with Gasteiger partial charge in [-0.2, -0.15) is 0 Å². The summed E-state index contributed by atoms with van der Waals surface area (Å²) in [4.78, 5) is 12.3. The third kappa shape index (κ3) is 3.11. The van der Waals surface area contributed by atoms with E-state index in [-0.39, 0.29) is 0 Å². The van der Waals surface area contributed by atoms with E-state index in [1.165, 1.54) is 0 Å². The van der Waals surface area contributed by atoms with E-state index in [1.54, 1.807) is 18.9 Å². The maximum absolute atomic E-state index is 5.77. The molecule has 108 valence electrons. The fraction of sp³-hybridized carbons (Fsp3) is 0.200. The van der Waals surface area contributed by atoms with E-state index in [9.17, 15) is 0 Å². The standard InChI is InChI=1S/C15H16N4OS/c1-9-5-12(20-2)7-11(17-9)8-21-15-18-13-4-3-10(16)6-14(13)19-15/h3-7H,8,16H2,1-2H3,(H,18,19). The Labute approximate surface area is 126 Å². The van der Waals surface area contributed by atoms with Crippen LogP contribution in [0.2, 0.25) is 0 Å². The van der Waals surface area contributed by atoms with E-state index in [1.807, 2.05) is 37.3 Å². The monoisotopic (exact) mass is 300 g/mol. The lowest BCUT2D eigenvalue weighted by Crippen LogP contribution is -1.93. The van der Waals surface area contributed by atoms with Crippen LogP contribution in [0.4, 0.5) is 5.69 Å². The van der Waals surface area contributed by atoms with Gasteiger partial charge in [-0.05, 0) is 25.1 Å². The average molecular weight is 300 g/mol. The van der Waals surface area contributed by atoms with Crippen LogP contribution in [-0.2, 0) is 5.75 Å². The molecule has 21 heavy (non-hydrogen) atoms. The third-order valence-electron chi connectivity index (χ3n) is 3.06. The predicted octanol–water partition coefficient (Wildman–Crippen LogP) is 3.15. The fourth-order valence-corrected chi connectivity index (χ4v) is 2.89. The van der Waals surface area contributed by atoms with Gasteiger partial charge in [0.1, 0.15) is 5.75 Å². The van der Waals surface area contributed by atoms with Crippen molar-refractivity contribution < 1.29 is 4.74 Å². The molecule has 0 spiro atoms. The molecule has 3 aromatic rings. The van der Waals surface area contributed by atoms with Gasteiger partial charge in [0.15, 0.2) is 5.16 Å². The van der Waals surface area contributed by atoms with E-state index in [2.05, 4.69) is 15.0 Å². The number of benzene rings is 1. The molecule has 2 aromatic heterocycles. The summed E-state index contributed by atoms with van der Waals surface area (Å²) in [5.74, 6) is 1.56. The molecule has 6 heteroatoms. The highest BCUT2D eigenvalue weighted by Crippen LogP contribution is 2.25. The number of aryl methyl sites for hydroxylation is 1. The molecule has 0 unspecified atom stereocenters. The Hall–Kier alpha value is -2.21. The van der Waals surface area contributed by atoms with Crippen molar-refractivity contribution in [3.05, 3.63) is 41.7 Å². The van der Waals surface area contributed by atoms with Crippen LogP contribution in [0.25, 0.3) is 11.0 Å². The van der Waals surface area contributed by atoms with Gasteiger partial charge in [0.05, 0.1) is 23.8 Å². The zero-order valence-electron chi connectivity index (χ0n) is 11.9. The molecule has 0 saturated carbocycles. The minimum atomic E-state index is 0.729. The SMILES string of the molecule is COc1cc(C)nc(CSc2nc3ccc(N)cc3[nH]2)c1. The van der Waals surface area contributed by atoms with Crippen molar-refractivity contribution in [3.63, 3.8) is 0 Å². The number of hydrogen-bond donors (Lipinski definition) is 2. The van der Waals surface area contributed by atoms with Crippen molar-refractivity contribution in [2.75, 3.05) is 12.8 Å². The zero-order chi connectivity index (χ0) is 14.8. The molecule has 3 rings (SSSR count). The number of imidazole rings is 1. The number of nitrogens with one attached hydrogen (secondary N) is 1. The van der Waals surface area contributed by atoms with E-state index in [0.29, 0.717) is 0 Å². The third-order valence-corrected chi connectivity index (χ3v) is 3.96. The molecular weight excluding hydrogens is 284 g/mol. The number of aromatic amines is 1. The summed E-state index contributed by atoms with van der Waals surface area (Å²) in [7, 11) is 1.66. The summed E-state index contributed by atoms with van der Waals surface area (Å²) < 4.78 is 5.26. The van der Waals surface area contributed by atoms with Crippen molar-refractivity contribution >= 4 is 28.5 Å². The average Bonchev–Trinajstić information content (AvgIpc) is 2.86. The largest absolute Gasteiger partial charge is 0.497 e. The number of fused-ring (bicyclic) bond motifs is 1. The molecule has 0 amide bonds. The number of H-pyrrole nitrogens is 1. The summed E-state index contributed by atoms with van der Waals surface area (Å²) in [5, 5.41) is 0.859. The number of thioether (sulfide) groups is 1. The van der Waals surface area contributed by atoms with E-state index < -0.39 is 0 Å². The van der Waals surface area contributed by atoms with Crippen LogP contribution in [0.1, 0.15) is 11.4 Å². The maximum atomic E-state index is 5.77. The first kappa shape index (κ1) is 13.8. The highest BCUT2D eigenvalue weighted by molar-refractivity contribution is 7.98. The summed E-state index contributed by atoms with van der Waals surface area (Å²) >= 11 is 1.61. The van der Waals surface area contributed by atoms with E-state index >= 15 is 0 Å². The number of nitrogen functional groups attached to an aromatic ring is 1. The Bertz CT molecular complexity index is 784. The second-order valence-corrected chi connectivity index (χ2v) is 5.71. The number of ether oxygens (including phenoxy) is 1. The van der Waals surface area contributed by atoms with E-state index in [0.717, 1.165) is 44.8 Å². The van der Waals surface area contributed by atoms with E-state index in [4.69, 9.17) is 10.5 Å². The molecule has 0 aliphatic rings. The predicted molar refractivity (Wildman–Crippen MR) is 85.6 cm³/mol. The fourth-order valence-electron chi connectivity index (χ4n) is 2.11. The molecule has 0 radical (unpaired) electrons. The molecule has 5 nitrogen and oxygen atoms in total. The van der Waals surface area contributed by atoms with Crippen LogP contribution in [-0.4, -0.2) is 22.1 Å². The van der Waals surface area contributed by atoms with Crippen LogP contribution in [0.15, 0.2) is 35.5 Å². The second-order valence-electron chi connectivity index (χ2n) is 4.75. The normalized spacial score (nSPS) is 11.0. The number of aromatic nitrogens is 3. The number of methoxy groups -OCH3 is 1. The van der Waals surface area contributed by atoms with Gasteiger partial charge in [0.25, 0.3) is 0 Å². The zero-order valence-corrected chi connectivity index (χ0v) is 12.7. The van der Waals surface area contributed by atoms with Crippen molar-refractivity contribution in [1.82, 2.24) is 15.0 Å². The molecule has 0 aliphatic heterocycles. The van der Waals surface area contributed by atoms with Crippen molar-refractivity contribution in [3.8, 4) is 5.75 Å².